The molecule has 0 saturated heterocycles. The number of carbonyl (C=O) groups excluding carboxylic acids is 1. The first-order valence-electron chi connectivity index (χ1n) is 5.55. The molecule has 0 aliphatic heterocycles. The maximum absolute atomic E-state index is 10.9. The summed E-state index contributed by atoms with van der Waals surface area (Å²) in [6, 6.07) is -0.104. The van der Waals surface area contributed by atoms with E-state index in [4.69, 9.17) is 4.74 Å². The Balaban J connectivity index is 3.01. The zero-order valence-corrected chi connectivity index (χ0v) is 9.77. The molecule has 2 amide bonds. The third-order valence-corrected chi connectivity index (χ3v) is 1.80. The highest BCUT2D eigenvalue weighted by molar-refractivity contribution is 5.73. The van der Waals surface area contributed by atoms with Crippen LogP contribution in [0.1, 0.15) is 19.8 Å². The van der Waals surface area contributed by atoms with Gasteiger partial charge < -0.3 is 20.7 Å². The molecule has 0 aliphatic carbocycles. The molecule has 15 heavy (non-hydrogen) atoms. The van der Waals surface area contributed by atoms with Gasteiger partial charge in [-0.1, -0.05) is 0 Å². The molecule has 0 atom stereocenters. The lowest BCUT2D eigenvalue weighted by Gasteiger charge is -2.06. The first-order valence-corrected chi connectivity index (χ1v) is 5.55. The van der Waals surface area contributed by atoms with E-state index in [1.54, 1.807) is 0 Å². The van der Waals surface area contributed by atoms with E-state index in [2.05, 4.69) is 16.0 Å². The number of hydrogen-bond donors (Lipinski definition) is 3. The lowest BCUT2D eigenvalue weighted by atomic mass is 10.4. The van der Waals surface area contributed by atoms with Crippen LogP contribution in [0.3, 0.4) is 0 Å². The van der Waals surface area contributed by atoms with Crippen LogP contribution >= 0.6 is 0 Å². The van der Waals surface area contributed by atoms with Crippen LogP contribution in [-0.4, -0.2) is 45.9 Å². The number of carbonyl (C=O) groups is 1. The smallest absolute Gasteiger partial charge is 0.314 e. The Morgan fingerprint density at radius 1 is 1.13 bits per heavy atom. The summed E-state index contributed by atoms with van der Waals surface area (Å²) in [5.74, 6) is 0. The summed E-state index contributed by atoms with van der Waals surface area (Å²) in [5, 5.41) is 8.46. The van der Waals surface area contributed by atoms with Gasteiger partial charge in [-0.05, 0) is 33.4 Å². The van der Waals surface area contributed by atoms with E-state index in [0.717, 1.165) is 26.0 Å². The van der Waals surface area contributed by atoms with Crippen LogP contribution in [0.5, 0.6) is 0 Å². The molecule has 0 radical (unpaired) electrons. The molecule has 0 aromatic heterocycles. The molecule has 0 aromatic carbocycles. The second-order valence-corrected chi connectivity index (χ2v) is 3.21. The standard InChI is InChI=1S/C10H23N3O2/c1-3-12-10(14)13-7-5-9-15-8-4-6-11-2/h11H,3-9H2,1-2H3,(H2,12,13,14). The molecule has 3 N–H and O–H groups in total. The van der Waals surface area contributed by atoms with Crippen LogP contribution < -0.4 is 16.0 Å². The maximum Gasteiger partial charge on any atom is 0.314 e. The highest BCUT2D eigenvalue weighted by atomic mass is 16.5. The van der Waals surface area contributed by atoms with E-state index >= 15 is 0 Å². The van der Waals surface area contributed by atoms with Crippen molar-refractivity contribution in [3.05, 3.63) is 0 Å². The highest BCUT2D eigenvalue weighted by Crippen LogP contribution is 1.84. The van der Waals surface area contributed by atoms with Gasteiger partial charge in [-0.25, -0.2) is 4.79 Å². The van der Waals surface area contributed by atoms with Gasteiger partial charge in [-0.3, -0.25) is 0 Å². The predicted molar refractivity (Wildman–Crippen MR) is 61.1 cm³/mol. The first kappa shape index (κ1) is 14.2. The zero-order valence-electron chi connectivity index (χ0n) is 9.77. The van der Waals surface area contributed by atoms with E-state index in [9.17, 15) is 4.79 Å². The van der Waals surface area contributed by atoms with Crippen molar-refractivity contribution in [2.24, 2.45) is 0 Å². The largest absolute Gasteiger partial charge is 0.381 e. The van der Waals surface area contributed by atoms with Gasteiger partial charge in [0.25, 0.3) is 0 Å². The number of ether oxygens (including phenoxy) is 1. The van der Waals surface area contributed by atoms with Gasteiger partial charge in [0.2, 0.25) is 0 Å². The molecular weight excluding hydrogens is 194 g/mol. The normalized spacial score (nSPS) is 10.0. The van der Waals surface area contributed by atoms with Crippen molar-refractivity contribution in [3.63, 3.8) is 0 Å². The molecule has 5 heteroatoms. The SMILES string of the molecule is CCNC(=O)NCCCOCCCNC. The summed E-state index contributed by atoms with van der Waals surface area (Å²) in [6.07, 6.45) is 1.89. The monoisotopic (exact) mass is 217 g/mol. The number of amides is 2. The summed E-state index contributed by atoms with van der Waals surface area (Å²) in [4.78, 5) is 10.9. The van der Waals surface area contributed by atoms with Gasteiger partial charge >= 0.3 is 6.03 Å². The second kappa shape index (κ2) is 11.3. The molecular formula is C10H23N3O2. The number of rotatable bonds is 9. The Bertz CT molecular complexity index is 154. The third kappa shape index (κ3) is 11.1. The highest BCUT2D eigenvalue weighted by Gasteiger charge is 1.95. The van der Waals surface area contributed by atoms with E-state index in [0.29, 0.717) is 19.7 Å². The summed E-state index contributed by atoms with van der Waals surface area (Å²) in [5.41, 5.74) is 0. The van der Waals surface area contributed by atoms with Crippen molar-refractivity contribution in [2.75, 3.05) is 39.9 Å². The van der Waals surface area contributed by atoms with Gasteiger partial charge in [0.15, 0.2) is 0 Å². The molecule has 0 fully saturated rings. The van der Waals surface area contributed by atoms with Crippen molar-refractivity contribution < 1.29 is 9.53 Å². The van der Waals surface area contributed by atoms with Gasteiger partial charge in [0.05, 0.1) is 0 Å². The quantitative estimate of drug-likeness (QED) is 0.487. The Labute approximate surface area is 91.9 Å². The van der Waals surface area contributed by atoms with Crippen molar-refractivity contribution in [3.8, 4) is 0 Å². The van der Waals surface area contributed by atoms with Crippen molar-refractivity contribution >= 4 is 6.03 Å². The Morgan fingerprint density at radius 2 is 1.80 bits per heavy atom. The fourth-order valence-corrected chi connectivity index (χ4v) is 1.05. The third-order valence-electron chi connectivity index (χ3n) is 1.80. The average molecular weight is 217 g/mol. The van der Waals surface area contributed by atoms with E-state index < -0.39 is 0 Å². The fraction of sp³-hybridized carbons (Fsp3) is 0.900. The van der Waals surface area contributed by atoms with E-state index in [-0.39, 0.29) is 6.03 Å². The average Bonchev–Trinajstić information content (AvgIpc) is 2.22. The van der Waals surface area contributed by atoms with Gasteiger partial charge in [0, 0.05) is 26.3 Å². The van der Waals surface area contributed by atoms with Crippen LogP contribution in [0.4, 0.5) is 4.79 Å². The van der Waals surface area contributed by atoms with Crippen molar-refractivity contribution in [1.82, 2.24) is 16.0 Å². The van der Waals surface area contributed by atoms with Crippen LogP contribution in [-0.2, 0) is 4.74 Å². The molecule has 0 bridgehead atoms. The van der Waals surface area contributed by atoms with Crippen LogP contribution in [0, 0.1) is 0 Å². The van der Waals surface area contributed by atoms with Gasteiger partial charge in [0.1, 0.15) is 0 Å². The maximum atomic E-state index is 10.9. The molecule has 0 aromatic rings. The summed E-state index contributed by atoms with van der Waals surface area (Å²) in [6.45, 7) is 5.68. The zero-order chi connectivity index (χ0) is 11.4. The number of hydrogen-bond acceptors (Lipinski definition) is 3. The Kier molecular flexibility index (Phi) is 10.7. The van der Waals surface area contributed by atoms with Crippen LogP contribution in [0.15, 0.2) is 0 Å². The summed E-state index contributed by atoms with van der Waals surface area (Å²) in [7, 11) is 1.93. The minimum Gasteiger partial charge on any atom is -0.381 e. The molecule has 0 aliphatic rings. The summed E-state index contributed by atoms with van der Waals surface area (Å²) >= 11 is 0. The van der Waals surface area contributed by atoms with E-state index in [1.807, 2.05) is 14.0 Å². The van der Waals surface area contributed by atoms with Crippen LogP contribution in [0.2, 0.25) is 0 Å². The second-order valence-electron chi connectivity index (χ2n) is 3.21. The summed E-state index contributed by atoms with van der Waals surface area (Å²) < 4.78 is 5.37. The molecule has 90 valence electrons. The lowest BCUT2D eigenvalue weighted by molar-refractivity contribution is 0.130. The van der Waals surface area contributed by atoms with E-state index in [1.165, 1.54) is 0 Å². The van der Waals surface area contributed by atoms with Crippen molar-refractivity contribution in [2.45, 2.75) is 19.8 Å². The first-order chi connectivity index (χ1) is 7.31. The van der Waals surface area contributed by atoms with Gasteiger partial charge in [-0.15, -0.1) is 0 Å². The molecule has 5 nitrogen and oxygen atoms in total. The molecule has 0 unspecified atom stereocenters. The Hall–Kier alpha value is -0.810. The van der Waals surface area contributed by atoms with Crippen LogP contribution in [0.25, 0.3) is 0 Å². The molecule has 0 saturated carbocycles. The number of nitrogens with one attached hydrogen (secondary N) is 3. The minimum absolute atomic E-state index is 0.104. The van der Waals surface area contributed by atoms with Crippen molar-refractivity contribution in [1.29, 1.82) is 0 Å². The minimum atomic E-state index is -0.104. The molecule has 0 spiro atoms. The fourth-order valence-electron chi connectivity index (χ4n) is 1.05. The topological polar surface area (TPSA) is 62.4 Å². The molecule has 0 rings (SSSR count). The number of urea groups is 1. The van der Waals surface area contributed by atoms with Gasteiger partial charge in [-0.2, -0.15) is 0 Å². The Morgan fingerprint density at radius 3 is 2.40 bits per heavy atom. The molecule has 0 heterocycles. The lowest BCUT2D eigenvalue weighted by Crippen LogP contribution is -2.36. The predicted octanol–water partition coefficient (Wildman–Crippen LogP) is 0.322.